The Balaban J connectivity index is 1.22. The van der Waals surface area contributed by atoms with E-state index in [0.29, 0.717) is 43.1 Å². The van der Waals surface area contributed by atoms with E-state index in [0.717, 1.165) is 66.1 Å². The van der Waals surface area contributed by atoms with Crippen LogP contribution in [0.2, 0.25) is 0 Å². The van der Waals surface area contributed by atoms with E-state index in [1.165, 1.54) is 0 Å². The van der Waals surface area contributed by atoms with Crippen molar-refractivity contribution in [2.24, 2.45) is 23.7 Å². The van der Waals surface area contributed by atoms with Crippen LogP contribution < -0.4 is 9.80 Å². The number of rotatable bonds is 4. The van der Waals surface area contributed by atoms with Crippen LogP contribution in [-0.4, -0.2) is 63.6 Å². The van der Waals surface area contributed by atoms with E-state index in [2.05, 4.69) is 14.8 Å². The van der Waals surface area contributed by atoms with Gasteiger partial charge < -0.3 is 20.0 Å². The highest BCUT2D eigenvalue weighted by atomic mass is 32.1. The quantitative estimate of drug-likeness (QED) is 0.822. The number of aliphatic hydroxyl groups is 2. The zero-order chi connectivity index (χ0) is 18.1. The van der Waals surface area contributed by atoms with Crippen LogP contribution in [0.25, 0.3) is 10.3 Å². The zero-order valence-corrected chi connectivity index (χ0v) is 16.1. The first-order valence-corrected chi connectivity index (χ1v) is 10.9. The van der Waals surface area contributed by atoms with Crippen LogP contribution in [0, 0.1) is 23.7 Å². The number of hydrogen-bond acceptors (Lipinski definition) is 8. The summed E-state index contributed by atoms with van der Waals surface area (Å²) in [6.07, 6.45) is 6.29. The number of fused-ring (bicyclic) bond motifs is 3. The second-order valence-corrected chi connectivity index (χ2v) is 9.81. The number of hydrogen-bond donors (Lipinski definition) is 2. The molecule has 8 heteroatoms. The minimum absolute atomic E-state index is 0.300. The summed E-state index contributed by atoms with van der Waals surface area (Å²) in [5, 5.41) is 19.9. The third-order valence-corrected chi connectivity index (χ3v) is 8.32. The van der Waals surface area contributed by atoms with E-state index >= 15 is 0 Å². The van der Waals surface area contributed by atoms with Crippen molar-refractivity contribution in [1.82, 2.24) is 15.0 Å². The van der Waals surface area contributed by atoms with Crippen LogP contribution in [0.1, 0.15) is 25.7 Å². The van der Waals surface area contributed by atoms with Gasteiger partial charge in [0.15, 0.2) is 9.96 Å². The summed E-state index contributed by atoms with van der Waals surface area (Å²) in [6.45, 7) is 2.68. The molecular weight excluding hydrogens is 362 g/mol. The van der Waals surface area contributed by atoms with Crippen LogP contribution in [0.4, 0.5) is 11.1 Å². The third kappa shape index (κ3) is 2.42. The minimum Gasteiger partial charge on any atom is -0.396 e. The van der Waals surface area contributed by atoms with Gasteiger partial charge in [-0.2, -0.15) is 4.98 Å². The molecule has 2 aromatic heterocycles. The van der Waals surface area contributed by atoms with Crippen molar-refractivity contribution in [2.45, 2.75) is 37.8 Å². The first-order valence-electron chi connectivity index (χ1n) is 10.1. The maximum atomic E-state index is 9.44. The summed E-state index contributed by atoms with van der Waals surface area (Å²) in [7, 11) is 0. The van der Waals surface area contributed by atoms with Gasteiger partial charge in [-0.15, -0.1) is 0 Å². The van der Waals surface area contributed by atoms with Crippen molar-refractivity contribution >= 4 is 32.8 Å². The van der Waals surface area contributed by atoms with Crippen LogP contribution in [-0.2, 0) is 0 Å². The van der Waals surface area contributed by atoms with Crippen molar-refractivity contribution in [2.75, 3.05) is 36.1 Å². The highest BCUT2D eigenvalue weighted by Crippen LogP contribution is 2.47. The Kier molecular flexibility index (Phi) is 3.65. The van der Waals surface area contributed by atoms with Crippen LogP contribution in [0.15, 0.2) is 6.20 Å². The summed E-state index contributed by atoms with van der Waals surface area (Å²) < 4.78 is 0. The smallest absolute Gasteiger partial charge is 0.227 e. The Morgan fingerprint density at radius 2 is 1.59 bits per heavy atom. The molecule has 0 amide bonds. The maximum absolute atomic E-state index is 9.44. The molecule has 0 radical (unpaired) electrons. The number of thiazole rings is 1. The molecule has 7 nitrogen and oxygen atoms in total. The molecule has 6 rings (SSSR count). The van der Waals surface area contributed by atoms with E-state index in [4.69, 9.17) is 9.97 Å². The normalized spacial score (nSPS) is 37.3. The third-order valence-electron chi connectivity index (χ3n) is 7.32. The maximum Gasteiger partial charge on any atom is 0.227 e. The summed E-state index contributed by atoms with van der Waals surface area (Å²) in [5.41, 5.74) is 0.885. The van der Waals surface area contributed by atoms with Crippen molar-refractivity contribution < 1.29 is 10.2 Å². The largest absolute Gasteiger partial charge is 0.396 e. The van der Waals surface area contributed by atoms with Gasteiger partial charge in [0.05, 0.1) is 6.20 Å². The molecular formula is C19H25N5O2S. The molecule has 0 unspecified atom stereocenters. The fourth-order valence-corrected chi connectivity index (χ4v) is 6.79. The Hall–Kier alpha value is -1.51. The Bertz CT molecular complexity index is 843. The minimum atomic E-state index is 0.300. The van der Waals surface area contributed by atoms with Gasteiger partial charge >= 0.3 is 0 Å². The van der Waals surface area contributed by atoms with Gasteiger partial charge in [0.25, 0.3) is 0 Å². The van der Waals surface area contributed by atoms with Crippen molar-refractivity contribution in [1.29, 1.82) is 0 Å². The van der Waals surface area contributed by atoms with Gasteiger partial charge in [-0.3, -0.25) is 0 Å². The monoisotopic (exact) mass is 387 g/mol. The first-order chi connectivity index (χ1) is 13.2. The molecule has 2 aromatic rings. The Labute approximate surface area is 162 Å². The molecule has 144 valence electrons. The Morgan fingerprint density at radius 1 is 0.926 bits per heavy atom. The molecule has 6 atom stereocenters. The van der Waals surface area contributed by atoms with Gasteiger partial charge in [0.1, 0.15) is 5.52 Å². The van der Waals surface area contributed by atoms with Crippen LogP contribution in [0.3, 0.4) is 0 Å². The molecule has 27 heavy (non-hydrogen) atoms. The molecule has 0 spiro atoms. The number of aromatic nitrogens is 3. The van der Waals surface area contributed by atoms with E-state index < -0.39 is 0 Å². The number of nitrogens with zero attached hydrogens (tertiary/aromatic N) is 5. The number of aliphatic hydroxyl groups excluding tert-OH is 2. The standard InChI is InChI=1S/C19H25N5O2S/c25-8-10-1-12-6-23(15(12)3-10)18-20-5-14-17(22-18)27-19(21-14)24-7-13-2-11(9-26)4-16(13)24/h5,10-13,15-16,25-26H,1-4,6-9H2/t10-,11-,12+,13+,15+,16+/m1/s1. The average molecular weight is 388 g/mol. The molecule has 2 aliphatic heterocycles. The van der Waals surface area contributed by atoms with Gasteiger partial charge in [0, 0.05) is 38.4 Å². The lowest BCUT2D eigenvalue weighted by molar-refractivity contribution is 0.227. The number of anilines is 2. The molecule has 0 aromatic carbocycles. The topological polar surface area (TPSA) is 85.6 Å². The molecule has 2 saturated carbocycles. The second kappa shape index (κ2) is 5.99. The lowest BCUT2D eigenvalue weighted by Crippen LogP contribution is -2.54. The van der Waals surface area contributed by atoms with Gasteiger partial charge in [-0.05, 0) is 49.4 Å². The molecule has 2 aliphatic carbocycles. The highest BCUT2D eigenvalue weighted by molar-refractivity contribution is 7.21. The molecule has 4 heterocycles. The van der Waals surface area contributed by atoms with Crippen LogP contribution >= 0.6 is 11.3 Å². The predicted octanol–water partition coefficient (Wildman–Crippen LogP) is 1.50. The SMILES string of the molecule is OC[C@@H]1C[C@H]2CN(c3ncc4nc(N5C[C@@H]6C[C@@H](CO)C[C@@H]65)sc4n3)[C@H]2C1. The van der Waals surface area contributed by atoms with E-state index in [1.54, 1.807) is 11.3 Å². The molecule has 4 fully saturated rings. The van der Waals surface area contributed by atoms with Gasteiger partial charge in [0.2, 0.25) is 5.95 Å². The first kappa shape index (κ1) is 16.4. The average Bonchev–Trinajstić information content (AvgIpc) is 3.30. The molecule has 2 saturated heterocycles. The highest BCUT2D eigenvalue weighted by Gasteiger charge is 2.48. The van der Waals surface area contributed by atoms with E-state index in [-0.39, 0.29) is 0 Å². The van der Waals surface area contributed by atoms with Gasteiger partial charge in [-0.25, -0.2) is 9.97 Å². The predicted molar refractivity (Wildman–Crippen MR) is 104 cm³/mol. The van der Waals surface area contributed by atoms with Crippen molar-refractivity contribution in [3.8, 4) is 0 Å². The summed E-state index contributed by atoms with van der Waals surface area (Å²) in [4.78, 5) is 19.9. The lowest BCUT2D eigenvalue weighted by atomic mass is 9.92. The zero-order valence-electron chi connectivity index (χ0n) is 15.2. The van der Waals surface area contributed by atoms with Crippen molar-refractivity contribution in [3.63, 3.8) is 0 Å². The summed E-state index contributed by atoms with van der Waals surface area (Å²) in [6, 6.07) is 1.04. The second-order valence-electron chi connectivity index (χ2n) is 8.86. The fourth-order valence-electron chi connectivity index (χ4n) is 5.81. The van der Waals surface area contributed by atoms with E-state index in [1.807, 2.05) is 6.20 Å². The molecule has 4 aliphatic rings. The summed E-state index contributed by atoms with van der Waals surface area (Å²) >= 11 is 1.67. The van der Waals surface area contributed by atoms with E-state index in [9.17, 15) is 10.2 Å². The Morgan fingerprint density at radius 3 is 2.30 bits per heavy atom. The molecule has 0 bridgehead atoms. The van der Waals surface area contributed by atoms with Gasteiger partial charge in [-0.1, -0.05) is 11.3 Å². The molecule has 2 N–H and O–H groups in total. The van der Waals surface area contributed by atoms with Crippen molar-refractivity contribution in [3.05, 3.63) is 6.20 Å². The summed E-state index contributed by atoms with van der Waals surface area (Å²) in [5.74, 6) is 3.13. The van der Waals surface area contributed by atoms with Crippen LogP contribution in [0.5, 0.6) is 0 Å². The lowest BCUT2D eigenvalue weighted by Gasteiger charge is -2.44. The fraction of sp³-hybridized carbons (Fsp3) is 0.737.